The third-order valence-corrected chi connectivity index (χ3v) is 4.88. The summed E-state index contributed by atoms with van der Waals surface area (Å²) >= 11 is 0. The Morgan fingerprint density at radius 1 is 1.16 bits per heavy atom. The highest BCUT2D eigenvalue weighted by atomic mass is 19.3. The minimum absolute atomic E-state index is 0.0826. The van der Waals surface area contributed by atoms with E-state index in [1.165, 1.54) is 6.07 Å². The normalized spacial score (nSPS) is 14.6. The van der Waals surface area contributed by atoms with Crippen LogP contribution < -0.4 is 19.7 Å². The summed E-state index contributed by atoms with van der Waals surface area (Å²) in [5.41, 5.74) is 0.570. The molecule has 1 aliphatic heterocycles. The summed E-state index contributed by atoms with van der Waals surface area (Å²) in [6.07, 6.45) is 4.29. The maximum atomic E-state index is 12.9. The number of ether oxygens (including phenoxy) is 2. The van der Waals surface area contributed by atoms with Crippen LogP contribution >= 0.6 is 0 Å². The molecule has 0 atom stereocenters. The first-order valence-corrected chi connectivity index (χ1v) is 10.9. The molecule has 0 aliphatic carbocycles. The summed E-state index contributed by atoms with van der Waals surface area (Å²) < 4.78 is 36.1. The van der Waals surface area contributed by atoms with E-state index in [9.17, 15) is 8.78 Å². The Morgan fingerprint density at radius 3 is 2.56 bits per heavy atom. The summed E-state index contributed by atoms with van der Waals surface area (Å²) in [6.45, 7) is 5.49. The van der Waals surface area contributed by atoms with Gasteiger partial charge in [-0.25, -0.2) is 15.0 Å². The molecular formula is C22H30F2N6O2. The Labute approximate surface area is 187 Å². The summed E-state index contributed by atoms with van der Waals surface area (Å²) in [6, 6.07) is 6.77. The molecule has 1 fully saturated rings. The van der Waals surface area contributed by atoms with Crippen molar-refractivity contribution in [1.82, 2.24) is 20.2 Å². The molecule has 3 rings (SSSR count). The first kappa shape index (κ1) is 23.5. The lowest BCUT2D eigenvalue weighted by Crippen LogP contribution is -2.52. The molecule has 32 heavy (non-hydrogen) atoms. The van der Waals surface area contributed by atoms with E-state index in [0.717, 1.165) is 38.6 Å². The maximum absolute atomic E-state index is 12.9. The lowest BCUT2D eigenvalue weighted by atomic mass is 10.2. The monoisotopic (exact) mass is 448 g/mol. The largest absolute Gasteiger partial charge is 0.493 e. The molecule has 1 aliphatic rings. The number of nitrogens with one attached hydrogen (secondary N) is 1. The number of rotatable bonds is 9. The van der Waals surface area contributed by atoms with E-state index in [4.69, 9.17) is 9.47 Å². The highest BCUT2D eigenvalue weighted by molar-refractivity contribution is 5.80. The third-order valence-electron chi connectivity index (χ3n) is 4.88. The van der Waals surface area contributed by atoms with Gasteiger partial charge in [-0.15, -0.1) is 0 Å². The molecule has 10 heteroatoms. The van der Waals surface area contributed by atoms with Gasteiger partial charge < -0.3 is 24.6 Å². The van der Waals surface area contributed by atoms with Crippen molar-refractivity contribution in [3.05, 3.63) is 42.2 Å². The molecule has 0 unspecified atom stereocenters. The average molecular weight is 449 g/mol. The zero-order valence-corrected chi connectivity index (χ0v) is 18.5. The molecule has 0 saturated carbocycles. The van der Waals surface area contributed by atoms with Crippen molar-refractivity contribution in [2.75, 3.05) is 44.2 Å². The van der Waals surface area contributed by atoms with Crippen LogP contribution in [0.2, 0.25) is 0 Å². The van der Waals surface area contributed by atoms with E-state index in [1.807, 2.05) is 13.8 Å². The highest BCUT2D eigenvalue weighted by Crippen LogP contribution is 2.27. The van der Waals surface area contributed by atoms with Gasteiger partial charge in [0.25, 0.3) is 0 Å². The van der Waals surface area contributed by atoms with E-state index in [2.05, 4.69) is 30.1 Å². The summed E-state index contributed by atoms with van der Waals surface area (Å²) in [4.78, 5) is 17.6. The SMILES string of the molecule is CCCOc1ccc(CN=C(NCC)N2CCN(c3ncccn3)CC2)c(OC(F)F)c1. The zero-order chi connectivity index (χ0) is 22.8. The fourth-order valence-electron chi connectivity index (χ4n) is 3.34. The topological polar surface area (TPSA) is 75.1 Å². The highest BCUT2D eigenvalue weighted by Gasteiger charge is 2.21. The Kier molecular flexibility index (Phi) is 8.82. The Balaban J connectivity index is 1.69. The van der Waals surface area contributed by atoms with Crippen molar-refractivity contribution in [1.29, 1.82) is 0 Å². The number of aliphatic imine (C=N–C) groups is 1. The Morgan fingerprint density at radius 2 is 1.91 bits per heavy atom. The van der Waals surface area contributed by atoms with Gasteiger partial charge in [-0.3, -0.25) is 0 Å². The van der Waals surface area contributed by atoms with Crippen molar-refractivity contribution in [3.8, 4) is 11.5 Å². The second-order valence-corrected chi connectivity index (χ2v) is 7.19. The van der Waals surface area contributed by atoms with Gasteiger partial charge in [-0.1, -0.05) is 6.92 Å². The number of anilines is 1. The number of guanidine groups is 1. The molecule has 0 spiro atoms. The van der Waals surface area contributed by atoms with E-state index < -0.39 is 6.61 Å². The first-order chi connectivity index (χ1) is 15.6. The zero-order valence-electron chi connectivity index (χ0n) is 18.5. The second kappa shape index (κ2) is 12.0. The van der Waals surface area contributed by atoms with Crippen molar-refractivity contribution < 1.29 is 18.3 Å². The van der Waals surface area contributed by atoms with E-state index in [1.54, 1.807) is 30.6 Å². The molecule has 0 radical (unpaired) electrons. The molecule has 2 aromatic rings. The number of alkyl halides is 2. The van der Waals surface area contributed by atoms with Crippen LogP contribution in [0, 0.1) is 0 Å². The molecule has 8 nitrogen and oxygen atoms in total. The molecule has 0 bridgehead atoms. The van der Waals surface area contributed by atoms with E-state index in [0.29, 0.717) is 30.4 Å². The van der Waals surface area contributed by atoms with Crippen LogP contribution in [0.4, 0.5) is 14.7 Å². The molecular weight excluding hydrogens is 418 g/mol. The smallest absolute Gasteiger partial charge is 0.387 e. The second-order valence-electron chi connectivity index (χ2n) is 7.19. The summed E-state index contributed by atoms with van der Waals surface area (Å²) in [5.74, 6) is 2.03. The van der Waals surface area contributed by atoms with Crippen LogP contribution in [-0.4, -0.2) is 66.8 Å². The Bertz CT molecular complexity index is 861. The van der Waals surface area contributed by atoms with Gasteiger partial charge in [0.1, 0.15) is 11.5 Å². The van der Waals surface area contributed by atoms with E-state index >= 15 is 0 Å². The van der Waals surface area contributed by atoms with Gasteiger partial charge >= 0.3 is 6.61 Å². The summed E-state index contributed by atoms with van der Waals surface area (Å²) in [7, 11) is 0. The molecule has 2 heterocycles. The van der Waals surface area contributed by atoms with Crippen LogP contribution in [0.5, 0.6) is 11.5 Å². The first-order valence-electron chi connectivity index (χ1n) is 10.9. The minimum atomic E-state index is -2.92. The van der Waals surface area contributed by atoms with Gasteiger partial charge in [-0.2, -0.15) is 8.78 Å². The van der Waals surface area contributed by atoms with Crippen molar-refractivity contribution in [2.45, 2.75) is 33.4 Å². The van der Waals surface area contributed by atoms with Gasteiger partial charge in [0.2, 0.25) is 5.95 Å². The van der Waals surface area contributed by atoms with Crippen LogP contribution in [0.15, 0.2) is 41.7 Å². The fourth-order valence-corrected chi connectivity index (χ4v) is 3.34. The number of benzene rings is 1. The number of piperazine rings is 1. The molecule has 0 amide bonds. The minimum Gasteiger partial charge on any atom is -0.493 e. The average Bonchev–Trinajstić information content (AvgIpc) is 2.81. The molecule has 1 aromatic heterocycles. The van der Waals surface area contributed by atoms with Gasteiger partial charge in [-0.05, 0) is 31.5 Å². The summed E-state index contributed by atoms with van der Waals surface area (Å²) in [5, 5.41) is 3.29. The molecule has 1 saturated heterocycles. The van der Waals surface area contributed by atoms with Gasteiger partial charge in [0.05, 0.1) is 13.2 Å². The number of halogens is 2. The number of hydrogen-bond donors (Lipinski definition) is 1. The predicted octanol–water partition coefficient (Wildman–Crippen LogP) is 3.15. The van der Waals surface area contributed by atoms with Crippen LogP contribution in [-0.2, 0) is 6.54 Å². The van der Waals surface area contributed by atoms with Crippen LogP contribution in [0.25, 0.3) is 0 Å². The molecule has 174 valence electrons. The quantitative estimate of drug-likeness (QED) is 0.467. The lowest BCUT2D eigenvalue weighted by Gasteiger charge is -2.36. The van der Waals surface area contributed by atoms with Crippen molar-refractivity contribution in [3.63, 3.8) is 0 Å². The number of aromatic nitrogens is 2. The lowest BCUT2D eigenvalue weighted by molar-refractivity contribution is -0.0505. The fraction of sp³-hybridized carbons (Fsp3) is 0.500. The van der Waals surface area contributed by atoms with Gasteiger partial charge in [0.15, 0.2) is 5.96 Å². The molecule has 1 aromatic carbocycles. The number of nitrogens with zero attached hydrogens (tertiary/aromatic N) is 5. The third kappa shape index (κ3) is 6.66. The Hall–Kier alpha value is -3.17. The molecule has 1 N–H and O–H groups in total. The standard InChI is InChI=1S/C22H30F2N6O2/c1-3-14-31-18-7-6-17(19(15-18)32-20(23)24)16-28-21(25-4-2)29-10-12-30(13-11-29)22-26-8-5-9-27-22/h5-9,15,20H,3-4,10-14,16H2,1-2H3,(H,25,28). The van der Waals surface area contributed by atoms with Crippen molar-refractivity contribution >= 4 is 11.9 Å². The predicted molar refractivity (Wildman–Crippen MR) is 119 cm³/mol. The number of hydrogen-bond acceptors (Lipinski definition) is 6. The van der Waals surface area contributed by atoms with Gasteiger partial charge in [0, 0.05) is 56.7 Å². The maximum Gasteiger partial charge on any atom is 0.387 e. The van der Waals surface area contributed by atoms with E-state index in [-0.39, 0.29) is 12.3 Å². The van der Waals surface area contributed by atoms with Crippen molar-refractivity contribution in [2.24, 2.45) is 4.99 Å². The van der Waals surface area contributed by atoms with Crippen LogP contribution in [0.1, 0.15) is 25.8 Å². The van der Waals surface area contributed by atoms with Crippen LogP contribution in [0.3, 0.4) is 0 Å².